The van der Waals surface area contributed by atoms with Gasteiger partial charge in [-0.15, -0.1) is 0 Å². The molecule has 0 spiro atoms. The number of hydrogen-bond acceptors (Lipinski definition) is 2. The van der Waals surface area contributed by atoms with E-state index >= 15 is 0 Å². The van der Waals surface area contributed by atoms with Crippen LogP contribution in [0.5, 0.6) is 0 Å². The minimum atomic E-state index is 0.169. The highest BCUT2D eigenvalue weighted by Crippen LogP contribution is 2.27. The fraction of sp³-hybridized carbons (Fsp3) is 0.294. The molecule has 2 aromatic carbocycles. The number of nitrogens with two attached hydrogens (primary N) is 1. The van der Waals surface area contributed by atoms with Gasteiger partial charge in [0.15, 0.2) is 0 Å². The second-order valence-electron chi connectivity index (χ2n) is 5.43. The molecule has 104 valence electrons. The summed E-state index contributed by atoms with van der Waals surface area (Å²) < 4.78 is 1.11. The van der Waals surface area contributed by atoms with Crippen LogP contribution in [0, 0.1) is 0 Å². The zero-order valence-electron chi connectivity index (χ0n) is 11.4. The van der Waals surface area contributed by atoms with Crippen LogP contribution in [-0.2, 0) is 19.3 Å². The van der Waals surface area contributed by atoms with Crippen LogP contribution in [0.15, 0.2) is 46.9 Å². The van der Waals surface area contributed by atoms with Crippen LogP contribution in [0.1, 0.15) is 34.7 Å². The number of hydrazine groups is 1. The lowest BCUT2D eigenvalue weighted by Crippen LogP contribution is -2.29. The summed E-state index contributed by atoms with van der Waals surface area (Å²) in [6.07, 6.45) is 4.62. The summed E-state index contributed by atoms with van der Waals surface area (Å²) in [6.45, 7) is 0. The van der Waals surface area contributed by atoms with Crippen molar-refractivity contribution in [2.24, 2.45) is 5.84 Å². The molecule has 0 fully saturated rings. The van der Waals surface area contributed by atoms with Gasteiger partial charge in [0.25, 0.3) is 0 Å². The molecule has 1 atom stereocenters. The Morgan fingerprint density at radius 2 is 1.80 bits per heavy atom. The van der Waals surface area contributed by atoms with Gasteiger partial charge in [0.2, 0.25) is 0 Å². The molecule has 0 saturated carbocycles. The molecule has 1 aliphatic carbocycles. The van der Waals surface area contributed by atoms with Crippen molar-refractivity contribution in [2.45, 2.75) is 31.7 Å². The van der Waals surface area contributed by atoms with Gasteiger partial charge in [0.1, 0.15) is 0 Å². The van der Waals surface area contributed by atoms with Crippen molar-refractivity contribution in [1.29, 1.82) is 0 Å². The van der Waals surface area contributed by atoms with E-state index in [2.05, 4.69) is 63.8 Å². The van der Waals surface area contributed by atoms with E-state index in [0.29, 0.717) is 0 Å². The summed E-state index contributed by atoms with van der Waals surface area (Å²) in [6, 6.07) is 15.4. The third-order valence-electron chi connectivity index (χ3n) is 4.08. The van der Waals surface area contributed by atoms with Crippen molar-refractivity contribution in [3.8, 4) is 0 Å². The lowest BCUT2D eigenvalue weighted by Gasteiger charge is -2.17. The maximum Gasteiger partial charge on any atom is 0.0500 e. The smallest absolute Gasteiger partial charge is 0.0500 e. The van der Waals surface area contributed by atoms with E-state index in [0.717, 1.165) is 10.9 Å². The number of hydrogen-bond donors (Lipinski definition) is 2. The topological polar surface area (TPSA) is 38.0 Å². The molecular formula is C17H19BrN2. The Morgan fingerprint density at radius 1 is 1.05 bits per heavy atom. The van der Waals surface area contributed by atoms with Gasteiger partial charge in [0, 0.05) is 10.5 Å². The first kappa shape index (κ1) is 13.8. The molecule has 0 saturated heterocycles. The van der Waals surface area contributed by atoms with E-state index in [-0.39, 0.29) is 6.04 Å². The minimum absolute atomic E-state index is 0.169. The first-order valence-corrected chi connectivity index (χ1v) is 7.88. The lowest BCUT2D eigenvalue weighted by atomic mass is 9.96. The molecule has 0 bridgehead atoms. The van der Waals surface area contributed by atoms with E-state index in [9.17, 15) is 0 Å². The molecule has 1 unspecified atom stereocenters. The van der Waals surface area contributed by atoms with Gasteiger partial charge >= 0.3 is 0 Å². The molecule has 0 radical (unpaired) electrons. The van der Waals surface area contributed by atoms with Crippen molar-refractivity contribution in [1.82, 2.24) is 5.43 Å². The van der Waals surface area contributed by atoms with Crippen LogP contribution in [0.4, 0.5) is 0 Å². The summed E-state index contributed by atoms with van der Waals surface area (Å²) in [5, 5.41) is 0. The first-order chi connectivity index (χ1) is 9.76. The molecule has 0 aliphatic heterocycles. The highest BCUT2D eigenvalue weighted by molar-refractivity contribution is 9.10. The zero-order chi connectivity index (χ0) is 13.9. The summed E-state index contributed by atoms with van der Waals surface area (Å²) in [5.41, 5.74) is 8.54. The third kappa shape index (κ3) is 2.95. The van der Waals surface area contributed by atoms with Crippen LogP contribution in [0.3, 0.4) is 0 Å². The quantitative estimate of drug-likeness (QED) is 0.662. The zero-order valence-corrected chi connectivity index (χ0v) is 13.0. The summed E-state index contributed by atoms with van der Waals surface area (Å²) >= 11 is 3.47. The van der Waals surface area contributed by atoms with Gasteiger partial charge < -0.3 is 0 Å². The van der Waals surface area contributed by atoms with Gasteiger partial charge in [-0.05, 0) is 60.1 Å². The van der Waals surface area contributed by atoms with E-state index in [1.165, 1.54) is 41.5 Å². The predicted molar refractivity (Wildman–Crippen MR) is 86.4 cm³/mol. The molecule has 2 aromatic rings. The second kappa shape index (κ2) is 6.08. The van der Waals surface area contributed by atoms with Gasteiger partial charge in [-0.2, -0.15) is 0 Å². The van der Waals surface area contributed by atoms with Crippen LogP contribution < -0.4 is 11.3 Å². The SMILES string of the molecule is NNC(Cc1ccc(Br)cc1)c1ccc2c(c1)CCC2. The Bertz CT molecular complexity index is 592. The molecule has 3 rings (SSSR count). The minimum Gasteiger partial charge on any atom is -0.271 e. The van der Waals surface area contributed by atoms with Crippen LogP contribution in [0.25, 0.3) is 0 Å². The Hall–Kier alpha value is -1.16. The van der Waals surface area contributed by atoms with Crippen LogP contribution >= 0.6 is 15.9 Å². The van der Waals surface area contributed by atoms with Gasteiger partial charge in [0.05, 0.1) is 0 Å². The molecule has 3 N–H and O–H groups in total. The van der Waals surface area contributed by atoms with Crippen molar-refractivity contribution in [3.05, 3.63) is 69.2 Å². The van der Waals surface area contributed by atoms with Crippen LogP contribution in [-0.4, -0.2) is 0 Å². The Labute approximate surface area is 128 Å². The van der Waals surface area contributed by atoms with Crippen molar-refractivity contribution in [3.63, 3.8) is 0 Å². The molecule has 1 aliphatic rings. The number of fused-ring (bicyclic) bond motifs is 1. The van der Waals surface area contributed by atoms with Crippen molar-refractivity contribution < 1.29 is 0 Å². The van der Waals surface area contributed by atoms with E-state index < -0.39 is 0 Å². The van der Waals surface area contributed by atoms with Crippen LogP contribution in [0.2, 0.25) is 0 Å². The lowest BCUT2D eigenvalue weighted by molar-refractivity contribution is 0.551. The van der Waals surface area contributed by atoms with E-state index in [1.54, 1.807) is 0 Å². The maximum absolute atomic E-state index is 5.77. The Morgan fingerprint density at radius 3 is 2.55 bits per heavy atom. The fourth-order valence-electron chi connectivity index (χ4n) is 2.94. The molecular weight excluding hydrogens is 312 g/mol. The normalized spacial score (nSPS) is 15.1. The maximum atomic E-state index is 5.77. The third-order valence-corrected chi connectivity index (χ3v) is 4.61. The predicted octanol–water partition coefficient (Wildman–Crippen LogP) is 3.68. The molecule has 2 nitrogen and oxygen atoms in total. The number of nitrogens with one attached hydrogen (secondary N) is 1. The summed E-state index contributed by atoms with van der Waals surface area (Å²) in [7, 11) is 0. The number of benzene rings is 2. The Balaban J connectivity index is 1.81. The number of rotatable bonds is 4. The average Bonchev–Trinajstić information content (AvgIpc) is 2.94. The molecule has 3 heteroatoms. The van der Waals surface area contributed by atoms with Crippen molar-refractivity contribution >= 4 is 15.9 Å². The molecule has 20 heavy (non-hydrogen) atoms. The standard InChI is InChI=1S/C17H19BrN2/c18-16-8-4-12(5-9-16)10-17(20-19)15-7-6-13-2-1-3-14(13)11-15/h4-9,11,17,20H,1-3,10,19H2. The summed E-state index contributed by atoms with van der Waals surface area (Å²) in [5.74, 6) is 5.77. The average molecular weight is 331 g/mol. The number of halogens is 1. The fourth-order valence-corrected chi connectivity index (χ4v) is 3.20. The highest BCUT2D eigenvalue weighted by atomic mass is 79.9. The monoisotopic (exact) mass is 330 g/mol. The molecule has 0 aromatic heterocycles. The van der Waals surface area contributed by atoms with E-state index in [4.69, 9.17) is 5.84 Å². The summed E-state index contributed by atoms with van der Waals surface area (Å²) in [4.78, 5) is 0. The van der Waals surface area contributed by atoms with Gasteiger partial charge in [-0.1, -0.05) is 46.3 Å². The highest BCUT2D eigenvalue weighted by Gasteiger charge is 2.15. The first-order valence-electron chi connectivity index (χ1n) is 7.08. The molecule has 0 heterocycles. The largest absolute Gasteiger partial charge is 0.271 e. The van der Waals surface area contributed by atoms with Gasteiger partial charge in [-0.3, -0.25) is 11.3 Å². The van der Waals surface area contributed by atoms with Crippen molar-refractivity contribution in [2.75, 3.05) is 0 Å². The van der Waals surface area contributed by atoms with Gasteiger partial charge in [-0.25, -0.2) is 0 Å². The van der Waals surface area contributed by atoms with E-state index in [1.807, 2.05) is 0 Å². The Kier molecular flexibility index (Phi) is 4.20. The second-order valence-corrected chi connectivity index (χ2v) is 6.35. The number of aryl methyl sites for hydroxylation is 2. The molecule has 0 amide bonds.